The Hall–Kier alpha value is -3.15. The third kappa shape index (κ3) is 3.44. The van der Waals surface area contributed by atoms with E-state index in [4.69, 9.17) is 0 Å². The van der Waals surface area contributed by atoms with E-state index in [-0.39, 0.29) is 5.82 Å². The van der Waals surface area contributed by atoms with Gasteiger partial charge in [0.25, 0.3) is 0 Å². The zero-order valence-electron chi connectivity index (χ0n) is 13.9. The van der Waals surface area contributed by atoms with Crippen molar-refractivity contribution in [1.29, 1.82) is 0 Å². The van der Waals surface area contributed by atoms with Crippen LogP contribution in [0.1, 0.15) is 22.4 Å². The van der Waals surface area contributed by atoms with Crippen LogP contribution in [0, 0.1) is 11.8 Å². The van der Waals surface area contributed by atoms with Gasteiger partial charge in [0.15, 0.2) is 0 Å². The fourth-order valence-corrected chi connectivity index (χ4v) is 3.00. The molecule has 4 aromatic rings. The predicted molar refractivity (Wildman–Crippen MR) is 94.7 cm³/mol. The lowest BCUT2D eigenvalue weighted by atomic mass is 10.0. The highest BCUT2D eigenvalue weighted by atomic mass is 19.1. The highest BCUT2D eigenvalue weighted by molar-refractivity contribution is 5.79. The van der Waals surface area contributed by atoms with Crippen LogP contribution in [-0.2, 0) is 19.3 Å². The number of aromatic amines is 1. The average Bonchev–Trinajstić information content (AvgIpc) is 3.05. The first-order chi connectivity index (χ1) is 12.7. The number of aromatic nitrogens is 4. The second-order valence-corrected chi connectivity index (χ2v) is 6.15. The summed E-state index contributed by atoms with van der Waals surface area (Å²) in [6.07, 6.45) is 7.87. The molecule has 4 rings (SSSR count). The predicted octanol–water partition coefficient (Wildman–Crippen LogP) is 4.01. The van der Waals surface area contributed by atoms with Crippen LogP contribution >= 0.6 is 0 Å². The second-order valence-electron chi connectivity index (χ2n) is 6.15. The van der Waals surface area contributed by atoms with Gasteiger partial charge < -0.3 is 4.98 Å². The number of pyridine rings is 3. The number of hydrogen-bond acceptors (Lipinski definition) is 3. The van der Waals surface area contributed by atoms with Gasteiger partial charge in [-0.05, 0) is 48.2 Å². The smallest absolute Gasteiger partial charge is 0.216 e. The first-order valence-corrected chi connectivity index (χ1v) is 8.34. The molecule has 4 nitrogen and oxygen atoms in total. The Morgan fingerprint density at radius 3 is 2.77 bits per heavy atom. The van der Waals surface area contributed by atoms with E-state index in [1.54, 1.807) is 18.5 Å². The van der Waals surface area contributed by atoms with Crippen LogP contribution in [0.5, 0.6) is 0 Å². The molecule has 0 unspecified atom stereocenters. The third-order valence-electron chi connectivity index (χ3n) is 4.33. The standard InChI is InChI=1S/C20H16F2N4/c21-16-8-13(10-23-12-16)3-5-17-6-4-14(19(22)26-17)9-15-11-25-20-18(15)2-1-7-24-20/h1-2,4,6-8,10-12H,3,5,9H2,(H,24,25). The maximum atomic E-state index is 14.4. The number of nitrogens with zero attached hydrogens (tertiary/aromatic N) is 3. The van der Waals surface area contributed by atoms with Crippen molar-refractivity contribution in [3.63, 3.8) is 0 Å². The van der Waals surface area contributed by atoms with Crippen molar-refractivity contribution < 1.29 is 8.78 Å². The first kappa shape index (κ1) is 16.3. The molecule has 6 heteroatoms. The number of hydrogen-bond donors (Lipinski definition) is 1. The molecule has 0 saturated heterocycles. The van der Waals surface area contributed by atoms with Crippen LogP contribution in [0.3, 0.4) is 0 Å². The number of halogens is 2. The van der Waals surface area contributed by atoms with Crippen molar-refractivity contribution in [3.8, 4) is 0 Å². The molecule has 4 aromatic heterocycles. The van der Waals surface area contributed by atoms with Crippen LogP contribution in [0.2, 0.25) is 0 Å². The Balaban J connectivity index is 1.49. The van der Waals surface area contributed by atoms with Gasteiger partial charge in [0, 0.05) is 41.7 Å². The van der Waals surface area contributed by atoms with E-state index in [1.807, 2.05) is 24.4 Å². The minimum atomic E-state index is -0.474. The van der Waals surface area contributed by atoms with Gasteiger partial charge in [-0.15, -0.1) is 0 Å². The van der Waals surface area contributed by atoms with E-state index >= 15 is 0 Å². The maximum absolute atomic E-state index is 14.4. The molecule has 0 saturated carbocycles. The Morgan fingerprint density at radius 2 is 1.92 bits per heavy atom. The molecule has 0 aromatic carbocycles. The van der Waals surface area contributed by atoms with Gasteiger partial charge >= 0.3 is 0 Å². The van der Waals surface area contributed by atoms with E-state index in [0.717, 1.165) is 28.4 Å². The number of rotatable bonds is 5. The molecule has 1 N–H and O–H groups in total. The summed E-state index contributed by atoms with van der Waals surface area (Å²) in [7, 11) is 0. The molecule has 0 aliphatic heterocycles. The van der Waals surface area contributed by atoms with Gasteiger partial charge in [-0.25, -0.2) is 14.4 Å². The lowest BCUT2D eigenvalue weighted by Crippen LogP contribution is -2.01. The summed E-state index contributed by atoms with van der Waals surface area (Å²) >= 11 is 0. The Labute approximate surface area is 149 Å². The molecule has 0 radical (unpaired) electrons. The summed E-state index contributed by atoms with van der Waals surface area (Å²) in [5, 5.41) is 0.981. The summed E-state index contributed by atoms with van der Waals surface area (Å²) in [6.45, 7) is 0. The number of H-pyrrole nitrogens is 1. The fraction of sp³-hybridized carbons (Fsp3) is 0.150. The monoisotopic (exact) mass is 350 g/mol. The Morgan fingerprint density at radius 1 is 1.00 bits per heavy atom. The summed E-state index contributed by atoms with van der Waals surface area (Å²) < 4.78 is 27.6. The van der Waals surface area contributed by atoms with Crippen LogP contribution in [0.4, 0.5) is 8.78 Å². The molecular formula is C20H16F2N4. The normalized spacial score (nSPS) is 11.2. The average molecular weight is 350 g/mol. The molecule has 0 spiro atoms. The zero-order chi connectivity index (χ0) is 17.9. The third-order valence-corrected chi connectivity index (χ3v) is 4.33. The molecule has 0 aliphatic carbocycles. The maximum Gasteiger partial charge on any atom is 0.216 e. The number of aryl methyl sites for hydroxylation is 2. The van der Waals surface area contributed by atoms with Gasteiger partial charge in [-0.3, -0.25) is 4.98 Å². The van der Waals surface area contributed by atoms with Crippen molar-refractivity contribution in [2.75, 3.05) is 0 Å². The minimum absolute atomic E-state index is 0.370. The van der Waals surface area contributed by atoms with Crippen molar-refractivity contribution >= 4 is 11.0 Å². The van der Waals surface area contributed by atoms with Crippen LogP contribution in [-0.4, -0.2) is 19.9 Å². The van der Waals surface area contributed by atoms with Gasteiger partial charge in [-0.2, -0.15) is 4.39 Å². The summed E-state index contributed by atoms with van der Waals surface area (Å²) in [6, 6.07) is 8.83. The van der Waals surface area contributed by atoms with Gasteiger partial charge in [0.05, 0.1) is 6.20 Å². The molecule has 0 bridgehead atoms. The zero-order valence-corrected chi connectivity index (χ0v) is 13.9. The summed E-state index contributed by atoms with van der Waals surface area (Å²) in [5.74, 6) is -0.844. The largest absolute Gasteiger partial charge is 0.346 e. The van der Waals surface area contributed by atoms with E-state index < -0.39 is 5.95 Å². The minimum Gasteiger partial charge on any atom is -0.346 e. The highest BCUT2D eigenvalue weighted by Gasteiger charge is 2.10. The van der Waals surface area contributed by atoms with E-state index in [1.165, 1.54) is 6.07 Å². The molecule has 0 fully saturated rings. The Kier molecular flexibility index (Phi) is 4.39. The van der Waals surface area contributed by atoms with Gasteiger partial charge in [-0.1, -0.05) is 6.07 Å². The highest BCUT2D eigenvalue weighted by Crippen LogP contribution is 2.20. The van der Waals surface area contributed by atoms with Crippen LogP contribution < -0.4 is 0 Å². The lowest BCUT2D eigenvalue weighted by molar-refractivity contribution is 0.562. The Bertz CT molecular complexity index is 1060. The van der Waals surface area contributed by atoms with E-state index in [0.29, 0.717) is 30.5 Å². The summed E-state index contributed by atoms with van der Waals surface area (Å²) in [4.78, 5) is 15.2. The lowest BCUT2D eigenvalue weighted by Gasteiger charge is -2.06. The molecule has 0 aliphatic rings. The molecule has 26 heavy (non-hydrogen) atoms. The molecule has 4 heterocycles. The quantitative estimate of drug-likeness (QED) is 0.554. The molecule has 130 valence electrons. The topological polar surface area (TPSA) is 54.5 Å². The van der Waals surface area contributed by atoms with Crippen molar-refractivity contribution in [3.05, 3.63) is 89.3 Å². The first-order valence-electron chi connectivity index (χ1n) is 8.34. The summed E-state index contributed by atoms with van der Waals surface area (Å²) in [5.41, 5.74) is 3.70. The van der Waals surface area contributed by atoms with Crippen molar-refractivity contribution in [2.24, 2.45) is 0 Å². The number of nitrogens with one attached hydrogen (secondary N) is 1. The van der Waals surface area contributed by atoms with Crippen molar-refractivity contribution in [1.82, 2.24) is 19.9 Å². The van der Waals surface area contributed by atoms with E-state index in [9.17, 15) is 8.78 Å². The SMILES string of the molecule is Fc1cncc(CCc2ccc(Cc3c[nH]c4ncccc34)c(F)n2)c1. The molecular weight excluding hydrogens is 334 g/mol. The second kappa shape index (κ2) is 7.00. The van der Waals surface area contributed by atoms with E-state index in [2.05, 4.69) is 19.9 Å². The fourth-order valence-electron chi connectivity index (χ4n) is 3.00. The van der Waals surface area contributed by atoms with Crippen LogP contribution in [0.15, 0.2) is 55.1 Å². The molecule has 0 amide bonds. The van der Waals surface area contributed by atoms with Crippen molar-refractivity contribution in [2.45, 2.75) is 19.3 Å². The van der Waals surface area contributed by atoms with Crippen LogP contribution in [0.25, 0.3) is 11.0 Å². The number of fused-ring (bicyclic) bond motifs is 1. The van der Waals surface area contributed by atoms with Gasteiger partial charge in [0.1, 0.15) is 11.5 Å². The van der Waals surface area contributed by atoms with Gasteiger partial charge in [0.2, 0.25) is 5.95 Å². The molecule has 0 atom stereocenters.